The first-order chi connectivity index (χ1) is 14.1. The third-order valence-corrected chi connectivity index (χ3v) is 5.42. The molecule has 29 heavy (non-hydrogen) atoms. The predicted octanol–water partition coefficient (Wildman–Crippen LogP) is 4.26. The molecule has 4 rings (SSSR count). The summed E-state index contributed by atoms with van der Waals surface area (Å²) in [6.45, 7) is 2.03. The molecular weight excluding hydrogens is 382 g/mol. The van der Waals surface area contributed by atoms with E-state index in [0.717, 1.165) is 28.2 Å². The fraction of sp³-hybridized carbons (Fsp3) is 0.0909. The molecule has 3 aromatic rings. The summed E-state index contributed by atoms with van der Waals surface area (Å²) in [5, 5.41) is 11.9. The highest BCUT2D eigenvalue weighted by atomic mass is 32.2. The molecule has 1 aromatic heterocycles. The number of pyridine rings is 1. The van der Waals surface area contributed by atoms with Gasteiger partial charge in [-0.05, 0) is 66.4 Å². The zero-order valence-corrected chi connectivity index (χ0v) is 16.7. The van der Waals surface area contributed by atoms with Crippen molar-refractivity contribution in [2.24, 2.45) is 0 Å². The third kappa shape index (κ3) is 4.52. The van der Waals surface area contributed by atoms with Gasteiger partial charge in [-0.3, -0.25) is 9.78 Å². The van der Waals surface area contributed by atoms with Gasteiger partial charge in [-0.1, -0.05) is 17.8 Å². The number of nitrogens with one attached hydrogen (secondary N) is 3. The van der Waals surface area contributed by atoms with Gasteiger partial charge in [0, 0.05) is 40.6 Å². The second-order valence-electron chi connectivity index (χ2n) is 6.68. The highest BCUT2D eigenvalue weighted by molar-refractivity contribution is 8.03. The SMILES string of the molecule is Cc1ccc(NC(=O)c2ccc(N)cc2)cc1NC1NC(c2cccnc2)=CS1. The topological polar surface area (TPSA) is 92.1 Å². The lowest BCUT2D eigenvalue weighted by atomic mass is 10.1. The zero-order valence-electron chi connectivity index (χ0n) is 15.8. The van der Waals surface area contributed by atoms with Crippen LogP contribution in [0.2, 0.25) is 0 Å². The van der Waals surface area contributed by atoms with Crippen molar-refractivity contribution in [1.29, 1.82) is 0 Å². The number of amides is 1. The largest absolute Gasteiger partial charge is 0.399 e. The van der Waals surface area contributed by atoms with Gasteiger partial charge in [0.1, 0.15) is 5.50 Å². The van der Waals surface area contributed by atoms with Crippen LogP contribution in [0.1, 0.15) is 21.5 Å². The molecule has 1 unspecified atom stereocenters. The van der Waals surface area contributed by atoms with E-state index in [-0.39, 0.29) is 11.4 Å². The summed E-state index contributed by atoms with van der Waals surface area (Å²) in [7, 11) is 0. The lowest BCUT2D eigenvalue weighted by molar-refractivity contribution is 0.102. The summed E-state index contributed by atoms with van der Waals surface area (Å²) < 4.78 is 0. The lowest BCUT2D eigenvalue weighted by Crippen LogP contribution is -2.28. The Morgan fingerprint density at radius 1 is 1.17 bits per heavy atom. The second-order valence-corrected chi connectivity index (χ2v) is 7.66. The number of carbonyl (C=O) groups excluding carboxylic acids is 1. The molecule has 0 fully saturated rings. The van der Waals surface area contributed by atoms with E-state index in [0.29, 0.717) is 11.3 Å². The van der Waals surface area contributed by atoms with Crippen molar-refractivity contribution in [3.63, 3.8) is 0 Å². The van der Waals surface area contributed by atoms with E-state index in [4.69, 9.17) is 5.73 Å². The van der Waals surface area contributed by atoms with Crippen molar-refractivity contribution in [2.45, 2.75) is 12.4 Å². The van der Waals surface area contributed by atoms with E-state index in [1.54, 1.807) is 42.2 Å². The summed E-state index contributed by atoms with van der Waals surface area (Å²) in [6.07, 6.45) is 3.59. The minimum atomic E-state index is -0.173. The fourth-order valence-corrected chi connectivity index (χ4v) is 3.79. The second kappa shape index (κ2) is 8.28. The Bertz CT molecular complexity index is 1050. The molecule has 1 aliphatic rings. The Hall–Kier alpha value is -3.45. The van der Waals surface area contributed by atoms with Crippen LogP contribution >= 0.6 is 11.8 Å². The van der Waals surface area contributed by atoms with E-state index >= 15 is 0 Å². The molecule has 2 heterocycles. The Labute approximate surface area is 173 Å². The fourth-order valence-electron chi connectivity index (χ4n) is 2.92. The molecule has 0 saturated carbocycles. The minimum Gasteiger partial charge on any atom is -0.399 e. The third-order valence-electron chi connectivity index (χ3n) is 4.54. The van der Waals surface area contributed by atoms with Gasteiger partial charge in [0.2, 0.25) is 0 Å². The van der Waals surface area contributed by atoms with Crippen LogP contribution in [0.5, 0.6) is 0 Å². The van der Waals surface area contributed by atoms with Gasteiger partial charge in [-0.15, -0.1) is 0 Å². The molecule has 0 bridgehead atoms. The van der Waals surface area contributed by atoms with Crippen molar-refractivity contribution in [3.05, 3.63) is 89.1 Å². The number of nitrogens with two attached hydrogens (primary N) is 1. The normalized spacial score (nSPS) is 15.3. The number of benzene rings is 2. The van der Waals surface area contributed by atoms with Gasteiger partial charge in [0.15, 0.2) is 0 Å². The molecule has 6 nitrogen and oxygen atoms in total. The quantitative estimate of drug-likeness (QED) is 0.476. The lowest BCUT2D eigenvalue weighted by Gasteiger charge is -2.18. The van der Waals surface area contributed by atoms with Crippen molar-refractivity contribution in [3.8, 4) is 0 Å². The molecule has 1 aliphatic heterocycles. The van der Waals surface area contributed by atoms with E-state index < -0.39 is 0 Å². The Morgan fingerprint density at radius 2 is 2.00 bits per heavy atom. The molecule has 1 atom stereocenters. The van der Waals surface area contributed by atoms with Crippen LogP contribution in [0.3, 0.4) is 0 Å². The van der Waals surface area contributed by atoms with Crippen molar-refractivity contribution >= 4 is 40.4 Å². The number of nitrogen functional groups attached to an aromatic ring is 1. The number of aromatic nitrogens is 1. The van der Waals surface area contributed by atoms with Crippen LogP contribution < -0.4 is 21.7 Å². The first kappa shape index (κ1) is 18.9. The Morgan fingerprint density at radius 3 is 2.76 bits per heavy atom. The van der Waals surface area contributed by atoms with Crippen molar-refractivity contribution < 1.29 is 4.79 Å². The van der Waals surface area contributed by atoms with Gasteiger partial charge in [0.25, 0.3) is 5.91 Å². The average Bonchev–Trinajstić information content (AvgIpc) is 3.20. The highest BCUT2D eigenvalue weighted by Gasteiger charge is 2.18. The molecule has 2 aromatic carbocycles. The van der Waals surface area contributed by atoms with E-state index in [1.165, 1.54) is 0 Å². The number of hydrogen-bond donors (Lipinski definition) is 4. The number of aryl methyl sites for hydroxylation is 1. The van der Waals surface area contributed by atoms with Crippen LogP contribution in [0.15, 0.2) is 72.4 Å². The first-order valence-corrected chi connectivity index (χ1v) is 10.1. The maximum Gasteiger partial charge on any atom is 0.255 e. The van der Waals surface area contributed by atoms with Crippen LogP contribution in [0.25, 0.3) is 5.70 Å². The van der Waals surface area contributed by atoms with Crippen LogP contribution in [0, 0.1) is 6.92 Å². The van der Waals surface area contributed by atoms with E-state index in [1.807, 2.05) is 43.5 Å². The number of rotatable bonds is 5. The number of nitrogens with zero attached hydrogens (tertiary/aromatic N) is 1. The predicted molar refractivity (Wildman–Crippen MR) is 120 cm³/mol. The van der Waals surface area contributed by atoms with Crippen LogP contribution in [-0.2, 0) is 0 Å². The van der Waals surface area contributed by atoms with Gasteiger partial charge in [-0.25, -0.2) is 0 Å². The summed E-state index contributed by atoms with van der Waals surface area (Å²) in [5.74, 6) is -0.173. The highest BCUT2D eigenvalue weighted by Crippen LogP contribution is 2.30. The maximum atomic E-state index is 12.5. The van der Waals surface area contributed by atoms with Crippen molar-refractivity contribution in [2.75, 3.05) is 16.4 Å². The van der Waals surface area contributed by atoms with E-state index in [9.17, 15) is 4.79 Å². The maximum absolute atomic E-state index is 12.5. The number of anilines is 3. The molecule has 1 amide bonds. The Kier molecular flexibility index (Phi) is 5.39. The standard InChI is InChI=1S/C22H21N5OS/c1-14-4-9-18(25-21(28)15-5-7-17(23)8-6-15)11-19(14)26-22-27-20(13-29-22)16-3-2-10-24-12-16/h2-13,22,26-27H,23H2,1H3,(H,25,28). The number of hydrogen-bond acceptors (Lipinski definition) is 6. The molecule has 5 N–H and O–H groups in total. The van der Waals surface area contributed by atoms with E-state index in [2.05, 4.69) is 26.3 Å². The monoisotopic (exact) mass is 403 g/mol. The minimum absolute atomic E-state index is 0.00745. The summed E-state index contributed by atoms with van der Waals surface area (Å²) in [6, 6.07) is 16.6. The van der Waals surface area contributed by atoms with Gasteiger partial charge >= 0.3 is 0 Å². The van der Waals surface area contributed by atoms with Gasteiger partial charge < -0.3 is 21.7 Å². The smallest absolute Gasteiger partial charge is 0.255 e. The molecule has 146 valence electrons. The molecule has 0 radical (unpaired) electrons. The van der Waals surface area contributed by atoms with Gasteiger partial charge in [-0.2, -0.15) is 0 Å². The zero-order chi connectivity index (χ0) is 20.2. The van der Waals surface area contributed by atoms with Gasteiger partial charge in [0.05, 0.1) is 5.70 Å². The van der Waals surface area contributed by atoms with Crippen LogP contribution in [0.4, 0.5) is 17.1 Å². The molecular formula is C22H21N5OS. The number of carbonyl (C=O) groups is 1. The molecule has 7 heteroatoms. The molecule has 0 spiro atoms. The Balaban J connectivity index is 1.42. The van der Waals surface area contributed by atoms with Crippen LogP contribution in [-0.4, -0.2) is 16.4 Å². The first-order valence-electron chi connectivity index (χ1n) is 9.15. The van der Waals surface area contributed by atoms with Crippen molar-refractivity contribution in [1.82, 2.24) is 10.3 Å². The number of thioether (sulfide) groups is 1. The average molecular weight is 404 g/mol. The summed E-state index contributed by atoms with van der Waals surface area (Å²) in [4.78, 5) is 16.6. The summed E-state index contributed by atoms with van der Waals surface area (Å²) >= 11 is 1.66. The summed E-state index contributed by atoms with van der Waals surface area (Å²) in [5.41, 5.74) is 11.7. The molecule has 0 saturated heterocycles. The molecule has 0 aliphatic carbocycles.